The van der Waals surface area contributed by atoms with Crippen LogP contribution in [0.5, 0.6) is 5.75 Å². The van der Waals surface area contributed by atoms with Gasteiger partial charge < -0.3 is 9.84 Å². The molecule has 0 saturated heterocycles. The molecular weight excluding hydrogens is 338 g/mol. The average molecular weight is 357 g/mol. The summed E-state index contributed by atoms with van der Waals surface area (Å²) in [5.74, 6) is -0.253. The van der Waals surface area contributed by atoms with E-state index in [9.17, 15) is 9.90 Å². The van der Waals surface area contributed by atoms with Crippen LogP contribution in [0.2, 0.25) is 0 Å². The first-order valence-electron chi connectivity index (χ1n) is 8.44. The van der Waals surface area contributed by atoms with E-state index in [0.29, 0.717) is 0 Å². The van der Waals surface area contributed by atoms with Crippen LogP contribution in [0.3, 0.4) is 0 Å². The summed E-state index contributed by atoms with van der Waals surface area (Å²) >= 11 is 0. The minimum absolute atomic E-state index is 0.178. The zero-order chi connectivity index (χ0) is 19.1. The summed E-state index contributed by atoms with van der Waals surface area (Å²) in [7, 11) is 1.61. The van der Waals surface area contributed by atoms with E-state index in [1.807, 2.05) is 60.7 Å². The summed E-state index contributed by atoms with van der Waals surface area (Å²) in [5, 5.41) is 9.71. The van der Waals surface area contributed by atoms with Gasteiger partial charge in [-0.25, -0.2) is 4.79 Å². The van der Waals surface area contributed by atoms with E-state index < -0.39 is 5.97 Å². The summed E-state index contributed by atoms with van der Waals surface area (Å²) in [6.45, 7) is 0. The van der Waals surface area contributed by atoms with Gasteiger partial charge in [-0.05, 0) is 52.6 Å². The number of aliphatic carboxylic acids is 1. The highest BCUT2D eigenvalue weighted by Gasteiger charge is 2.11. The number of methoxy groups -OCH3 is 1. The van der Waals surface area contributed by atoms with E-state index in [1.165, 1.54) is 0 Å². The number of carboxylic acid groups (broad SMARTS) is 1. The molecule has 0 aliphatic rings. The van der Waals surface area contributed by atoms with E-state index in [4.69, 9.17) is 4.74 Å². The van der Waals surface area contributed by atoms with Crippen LogP contribution in [0.15, 0.2) is 90.8 Å². The van der Waals surface area contributed by atoms with Gasteiger partial charge in [0.15, 0.2) is 0 Å². The van der Waals surface area contributed by atoms with Crippen molar-refractivity contribution in [2.45, 2.75) is 0 Å². The number of hydrogen-bond acceptors (Lipinski definition) is 3. The van der Waals surface area contributed by atoms with Crippen molar-refractivity contribution in [2.24, 2.45) is 0 Å². The van der Waals surface area contributed by atoms with Crippen LogP contribution >= 0.6 is 0 Å². The molecule has 0 saturated carbocycles. The number of carbonyl (C=O) groups is 1. The van der Waals surface area contributed by atoms with Crippen molar-refractivity contribution in [1.29, 1.82) is 0 Å². The Balaban J connectivity index is 2.12. The van der Waals surface area contributed by atoms with E-state index in [-0.39, 0.29) is 5.57 Å². The van der Waals surface area contributed by atoms with Crippen molar-refractivity contribution in [1.82, 2.24) is 4.98 Å². The van der Waals surface area contributed by atoms with Gasteiger partial charge in [0.1, 0.15) is 5.75 Å². The minimum Gasteiger partial charge on any atom is -0.497 e. The van der Waals surface area contributed by atoms with Crippen LogP contribution in [-0.2, 0) is 4.79 Å². The molecule has 27 heavy (non-hydrogen) atoms. The van der Waals surface area contributed by atoms with Gasteiger partial charge in [-0.2, -0.15) is 0 Å². The van der Waals surface area contributed by atoms with Crippen LogP contribution < -0.4 is 4.74 Å². The summed E-state index contributed by atoms with van der Waals surface area (Å²) in [4.78, 5) is 15.9. The lowest BCUT2D eigenvalue weighted by Gasteiger charge is -2.10. The normalized spacial score (nSPS) is 11.9. The monoisotopic (exact) mass is 357 g/mol. The molecule has 0 aliphatic carbocycles. The molecule has 4 nitrogen and oxygen atoms in total. The standard InChI is InChI=1S/C23H19NO3/c1-27-21-11-9-19(10-12-21)22(18-7-3-2-4-8-18)15-20(23(25)26)14-17-6-5-13-24-16-17/h2-16H,1H3,(H,25,26)/b20-14-,22-15+. The van der Waals surface area contributed by atoms with Gasteiger partial charge in [-0.3, -0.25) is 4.98 Å². The lowest BCUT2D eigenvalue weighted by Crippen LogP contribution is -2.00. The molecule has 0 aliphatic heterocycles. The Morgan fingerprint density at radius 3 is 2.26 bits per heavy atom. The van der Waals surface area contributed by atoms with Crippen LogP contribution in [0, 0.1) is 0 Å². The third kappa shape index (κ3) is 4.70. The summed E-state index contributed by atoms with van der Waals surface area (Å²) in [6, 6.07) is 20.8. The second kappa shape index (κ2) is 8.63. The van der Waals surface area contributed by atoms with Gasteiger partial charge in [0.2, 0.25) is 0 Å². The number of hydrogen-bond donors (Lipinski definition) is 1. The van der Waals surface area contributed by atoms with Crippen LogP contribution in [0.25, 0.3) is 11.6 Å². The fourth-order valence-corrected chi connectivity index (χ4v) is 2.68. The van der Waals surface area contributed by atoms with E-state index in [1.54, 1.807) is 37.7 Å². The highest BCUT2D eigenvalue weighted by Crippen LogP contribution is 2.27. The number of ether oxygens (including phenoxy) is 1. The van der Waals surface area contributed by atoms with Crippen LogP contribution in [-0.4, -0.2) is 23.2 Å². The zero-order valence-electron chi connectivity index (χ0n) is 14.9. The number of aromatic nitrogens is 1. The highest BCUT2D eigenvalue weighted by molar-refractivity contribution is 5.99. The van der Waals surface area contributed by atoms with Crippen molar-refractivity contribution < 1.29 is 14.6 Å². The number of pyridine rings is 1. The fourth-order valence-electron chi connectivity index (χ4n) is 2.68. The van der Waals surface area contributed by atoms with Crippen molar-refractivity contribution in [3.05, 3.63) is 107 Å². The van der Waals surface area contributed by atoms with Crippen molar-refractivity contribution >= 4 is 17.6 Å². The molecule has 0 atom stereocenters. The first-order chi connectivity index (χ1) is 13.2. The summed E-state index contributed by atoms with van der Waals surface area (Å²) in [6.07, 6.45) is 6.58. The molecule has 3 rings (SSSR count). The molecule has 4 heteroatoms. The Morgan fingerprint density at radius 1 is 0.963 bits per heavy atom. The van der Waals surface area contributed by atoms with Gasteiger partial charge in [-0.1, -0.05) is 48.5 Å². The Bertz CT molecular complexity index is 960. The molecule has 0 unspecified atom stereocenters. The zero-order valence-corrected chi connectivity index (χ0v) is 14.9. The Labute approximate surface area is 158 Å². The molecule has 1 heterocycles. The van der Waals surface area contributed by atoms with Crippen molar-refractivity contribution in [2.75, 3.05) is 7.11 Å². The minimum atomic E-state index is -0.999. The number of benzene rings is 2. The molecule has 1 N–H and O–H groups in total. The third-order valence-corrected chi connectivity index (χ3v) is 4.04. The second-order valence-corrected chi connectivity index (χ2v) is 5.84. The van der Waals surface area contributed by atoms with Crippen molar-refractivity contribution in [3.8, 4) is 5.75 Å². The maximum atomic E-state index is 11.8. The maximum absolute atomic E-state index is 11.8. The fraction of sp³-hybridized carbons (Fsp3) is 0.0435. The van der Waals surface area contributed by atoms with E-state index >= 15 is 0 Å². The predicted molar refractivity (Wildman–Crippen MR) is 106 cm³/mol. The van der Waals surface area contributed by atoms with E-state index in [2.05, 4.69) is 4.98 Å². The topological polar surface area (TPSA) is 59.4 Å². The Kier molecular flexibility index (Phi) is 5.80. The lowest BCUT2D eigenvalue weighted by molar-refractivity contribution is -0.132. The molecular formula is C23H19NO3. The predicted octanol–water partition coefficient (Wildman–Crippen LogP) is 4.69. The second-order valence-electron chi connectivity index (χ2n) is 5.84. The molecule has 2 aromatic carbocycles. The molecule has 1 aromatic heterocycles. The average Bonchev–Trinajstić information content (AvgIpc) is 2.72. The molecule has 3 aromatic rings. The number of carboxylic acids is 1. The Hall–Kier alpha value is -3.66. The highest BCUT2D eigenvalue weighted by atomic mass is 16.5. The molecule has 0 spiro atoms. The lowest BCUT2D eigenvalue weighted by atomic mass is 9.95. The van der Waals surface area contributed by atoms with E-state index in [0.717, 1.165) is 28.0 Å². The smallest absolute Gasteiger partial charge is 0.335 e. The number of rotatable bonds is 6. The van der Waals surface area contributed by atoms with Crippen LogP contribution in [0.1, 0.15) is 16.7 Å². The summed E-state index contributed by atoms with van der Waals surface area (Å²) in [5.41, 5.74) is 3.56. The largest absolute Gasteiger partial charge is 0.497 e. The van der Waals surface area contributed by atoms with Gasteiger partial charge in [0, 0.05) is 12.4 Å². The van der Waals surface area contributed by atoms with Gasteiger partial charge in [0.25, 0.3) is 0 Å². The van der Waals surface area contributed by atoms with Gasteiger partial charge in [0.05, 0.1) is 12.7 Å². The molecule has 0 fully saturated rings. The Morgan fingerprint density at radius 2 is 1.67 bits per heavy atom. The SMILES string of the molecule is COc1ccc(/C(=C/C(=C/c2cccnc2)C(=O)O)c2ccccc2)cc1. The molecule has 134 valence electrons. The first kappa shape index (κ1) is 18.1. The number of nitrogens with zero attached hydrogens (tertiary/aromatic N) is 1. The molecule has 0 amide bonds. The van der Waals surface area contributed by atoms with Gasteiger partial charge >= 0.3 is 5.97 Å². The van der Waals surface area contributed by atoms with Gasteiger partial charge in [-0.15, -0.1) is 0 Å². The third-order valence-electron chi connectivity index (χ3n) is 4.04. The molecule has 0 bridgehead atoms. The van der Waals surface area contributed by atoms with Crippen LogP contribution in [0.4, 0.5) is 0 Å². The molecule has 0 radical (unpaired) electrons. The first-order valence-corrected chi connectivity index (χ1v) is 8.44. The van der Waals surface area contributed by atoms with Crippen molar-refractivity contribution in [3.63, 3.8) is 0 Å². The quantitative estimate of drug-likeness (QED) is 0.514. The maximum Gasteiger partial charge on any atom is 0.335 e. The summed E-state index contributed by atoms with van der Waals surface area (Å²) < 4.78 is 5.22.